The lowest BCUT2D eigenvalue weighted by Gasteiger charge is -2.10. The van der Waals surface area contributed by atoms with Gasteiger partial charge < -0.3 is 9.88 Å². The second-order valence-electron chi connectivity index (χ2n) is 4.88. The van der Waals surface area contributed by atoms with Gasteiger partial charge in [-0.2, -0.15) is 0 Å². The molecular weight excluding hydrogens is 262 g/mol. The van der Waals surface area contributed by atoms with Gasteiger partial charge in [0, 0.05) is 31.9 Å². The Morgan fingerprint density at radius 1 is 1.00 bits per heavy atom. The number of aromatic nitrogens is 2. The van der Waals surface area contributed by atoms with Gasteiger partial charge >= 0.3 is 0 Å². The van der Waals surface area contributed by atoms with Crippen molar-refractivity contribution in [1.82, 2.24) is 14.9 Å². The predicted octanol–water partition coefficient (Wildman–Crippen LogP) is 2.19. The highest BCUT2D eigenvalue weighted by Gasteiger charge is 2.02. The zero-order valence-corrected chi connectivity index (χ0v) is 11.7. The van der Waals surface area contributed by atoms with E-state index in [2.05, 4.69) is 10.3 Å². The van der Waals surface area contributed by atoms with Gasteiger partial charge in [-0.05, 0) is 29.7 Å². The van der Waals surface area contributed by atoms with Crippen molar-refractivity contribution in [1.29, 1.82) is 0 Å². The van der Waals surface area contributed by atoms with Gasteiger partial charge in [-0.15, -0.1) is 0 Å². The molecule has 2 heterocycles. The van der Waals surface area contributed by atoms with Crippen LogP contribution in [0.3, 0.4) is 0 Å². The van der Waals surface area contributed by atoms with Crippen molar-refractivity contribution >= 4 is 10.9 Å². The van der Waals surface area contributed by atoms with Crippen LogP contribution in [-0.4, -0.2) is 16.1 Å². The van der Waals surface area contributed by atoms with E-state index in [-0.39, 0.29) is 5.56 Å². The Kier molecular flexibility index (Phi) is 4.07. The first-order chi connectivity index (χ1) is 10.3. The SMILES string of the molecule is O=c1ccc2ccccc2n1CCNCc1ccccn1. The highest BCUT2D eigenvalue weighted by molar-refractivity contribution is 5.78. The van der Waals surface area contributed by atoms with Crippen molar-refractivity contribution in [3.8, 4) is 0 Å². The molecule has 0 spiro atoms. The maximum Gasteiger partial charge on any atom is 0.251 e. The molecule has 2 aromatic heterocycles. The molecule has 0 radical (unpaired) electrons. The Labute approximate surface area is 123 Å². The molecule has 0 saturated heterocycles. The first kappa shape index (κ1) is 13.5. The van der Waals surface area contributed by atoms with E-state index in [0.717, 1.165) is 23.1 Å². The van der Waals surface area contributed by atoms with Crippen molar-refractivity contribution in [2.45, 2.75) is 13.1 Å². The molecule has 3 rings (SSSR count). The fourth-order valence-electron chi connectivity index (χ4n) is 2.38. The fourth-order valence-corrected chi connectivity index (χ4v) is 2.38. The summed E-state index contributed by atoms with van der Waals surface area (Å²) in [5.41, 5.74) is 2.01. The number of nitrogens with one attached hydrogen (secondary N) is 1. The topological polar surface area (TPSA) is 46.9 Å². The molecule has 1 aromatic carbocycles. The predicted molar refractivity (Wildman–Crippen MR) is 84.2 cm³/mol. The molecule has 0 saturated carbocycles. The first-order valence-corrected chi connectivity index (χ1v) is 7.04. The van der Waals surface area contributed by atoms with Gasteiger partial charge in [0.1, 0.15) is 0 Å². The highest BCUT2D eigenvalue weighted by Crippen LogP contribution is 2.10. The average Bonchev–Trinajstić information content (AvgIpc) is 2.54. The molecule has 21 heavy (non-hydrogen) atoms. The van der Waals surface area contributed by atoms with E-state index in [9.17, 15) is 4.79 Å². The van der Waals surface area contributed by atoms with E-state index in [1.807, 2.05) is 48.5 Å². The number of hydrogen-bond donors (Lipinski definition) is 1. The largest absolute Gasteiger partial charge is 0.309 e. The van der Waals surface area contributed by atoms with Gasteiger partial charge in [0.2, 0.25) is 0 Å². The molecule has 0 bridgehead atoms. The smallest absolute Gasteiger partial charge is 0.251 e. The third-order valence-electron chi connectivity index (χ3n) is 3.44. The monoisotopic (exact) mass is 279 g/mol. The molecule has 0 unspecified atom stereocenters. The summed E-state index contributed by atoms with van der Waals surface area (Å²) in [4.78, 5) is 16.3. The van der Waals surface area contributed by atoms with Crippen LogP contribution in [0.2, 0.25) is 0 Å². The van der Waals surface area contributed by atoms with Crippen molar-refractivity contribution in [3.63, 3.8) is 0 Å². The summed E-state index contributed by atoms with van der Waals surface area (Å²) in [5.74, 6) is 0. The summed E-state index contributed by atoms with van der Waals surface area (Å²) in [5, 5.41) is 4.40. The zero-order chi connectivity index (χ0) is 14.5. The second-order valence-corrected chi connectivity index (χ2v) is 4.88. The summed E-state index contributed by atoms with van der Waals surface area (Å²) in [6, 6.07) is 17.3. The molecule has 0 aliphatic rings. The Balaban J connectivity index is 1.68. The van der Waals surface area contributed by atoms with Crippen LogP contribution < -0.4 is 10.9 Å². The second kappa shape index (κ2) is 6.33. The van der Waals surface area contributed by atoms with Crippen LogP contribution in [0.25, 0.3) is 10.9 Å². The minimum absolute atomic E-state index is 0.0355. The Hall–Kier alpha value is -2.46. The van der Waals surface area contributed by atoms with E-state index in [1.54, 1.807) is 16.8 Å². The quantitative estimate of drug-likeness (QED) is 0.728. The van der Waals surface area contributed by atoms with Gasteiger partial charge in [-0.25, -0.2) is 0 Å². The molecule has 4 heteroatoms. The highest BCUT2D eigenvalue weighted by atomic mass is 16.1. The number of para-hydroxylation sites is 1. The Bertz CT molecular complexity index is 781. The molecule has 0 aliphatic heterocycles. The van der Waals surface area contributed by atoms with Gasteiger partial charge in [0.15, 0.2) is 0 Å². The lowest BCUT2D eigenvalue weighted by atomic mass is 10.2. The van der Waals surface area contributed by atoms with Crippen LogP contribution in [-0.2, 0) is 13.1 Å². The minimum atomic E-state index is 0.0355. The first-order valence-electron chi connectivity index (χ1n) is 7.04. The van der Waals surface area contributed by atoms with Crippen LogP contribution in [0, 0.1) is 0 Å². The van der Waals surface area contributed by atoms with Crippen LogP contribution >= 0.6 is 0 Å². The van der Waals surface area contributed by atoms with E-state index in [1.165, 1.54) is 0 Å². The van der Waals surface area contributed by atoms with E-state index in [4.69, 9.17) is 0 Å². The molecule has 0 amide bonds. The Morgan fingerprint density at radius 3 is 2.71 bits per heavy atom. The third kappa shape index (κ3) is 3.17. The summed E-state index contributed by atoms with van der Waals surface area (Å²) < 4.78 is 1.81. The van der Waals surface area contributed by atoms with Crippen molar-refractivity contribution in [2.75, 3.05) is 6.54 Å². The van der Waals surface area contributed by atoms with Crippen molar-refractivity contribution in [2.24, 2.45) is 0 Å². The van der Waals surface area contributed by atoms with Crippen LogP contribution in [0.1, 0.15) is 5.69 Å². The number of rotatable bonds is 5. The number of fused-ring (bicyclic) bond motifs is 1. The fraction of sp³-hybridized carbons (Fsp3) is 0.176. The summed E-state index contributed by atoms with van der Waals surface area (Å²) >= 11 is 0. The summed E-state index contributed by atoms with van der Waals surface area (Å²) in [7, 11) is 0. The molecule has 4 nitrogen and oxygen atoms in total. The maximum absolute atomic E-state index is 12.0. The standard InChI is InChI=1S/C17H17N3O/c21-17-9-8-14-5-1-2-7-16(14)20(17)12-11-18-13-15-6-3-4-10-19-15/h1-10,18H,11-13H2. The normalized spacial score (nSPS) is 10.9. The molecule has 3 aromatic rings. The summed E-state index contributed by atoms with van der Waals surface area (Å²) in [6.07, 6.45) is 1.78. The average molecular weight is 279 g/mol. The van der Waals surface area contributed by atoms with Crippen molar-refractivity contribution in [3.05, 3.63) is 76.8 Å². The molecule has 0 fully saturated rings. The maximum atomic E-state index is 12.0. The van der Waals surface area contributed by atoms with Gasteiger partial charge in [-0.1, -0.05) is 24.3 Å². The Morgan fingerprint density at radius 2 is 1.86 bits per heavy atom. The van der Waals surface area contributed by atoms with E-state index < -0.39 is 0 Å². The van der Waals surface area contributed by atoms with Crippen LogP contribution in [0.15, 0.2) is 65.6 Å². The van der Waals surface area contributed by atoms with Gasteiger partial charge in [0.25, 0.3) is 5.56 Å². The zero-order valence-electron chi connectivity index (χ0n) is 11.7. The molecule has 106 valence electrons. The number of pyridine rings is 2. The van der Waals surface area contributed by atoms with Gasteiger partial charge in [0.05, 0.1) is 11.2 Å². The summed E-state index contributed by atoms with van der Waals surface area (Å²) in [6.45, 7) is 2.08. The van der Waals surface area contributed by atoms with Crippen LogP contribution in [0.5, 0.6) is 0 Å². The third-order valence-corrected chi connectivity index (χ3v) is 3.44. The lowest BCUT2D eigenvalue weighted by molar-refractivity contribution is 0.592. The lowest BCUT2D eigenvalue weighted by Crippen LogP contribution is -2.26. The molecule has 0 aliphatic carbocycles. The number of nitrogens with zero attached hydrogens (tertiary/aromatic N) is 2. The molecular formula is C17H17N3O. The number of benzene rings is 1. The van der Waals surface area contributed by atoms with E-state index >= 15 is 0 Å². The molecule has 0 atom stereocenters. The molecule has 1 N–H and O–H groups in total. The minimum Gasteiger partial charge on any atom is -0.309 e. The number of hydrogen-bond acceptors (Lipinski definition) is 3. The van der Waals surface area contributed by atoms with Crippen LogP contribution in [0.4, 0.5) is 0 Å². The van der Waals surface area contributed by atoms with Crippen molar-refractivity contribution < 1.29 is 0 Å². The van der Waals surface area contributed by atoms with E-state index in [0.29, 0.717) is 13.1 Å². The van der Waals surface area contributed by atoms with Gasteiger partial charge in [-0.3, -0.25) is 9.78 Å².